The topological polar surface area (TPSA) is 24.6 Å². The van der Waals surface area contributed by atoms with Crippen molar-refractivity contribution in [2.75, 3.05) is 9.80 Å². The van der Waals surface area contributed by atoms with Gasteiger partial charge in [-0.2, -0.15) is 0 Å². The fraction of sp³-hybridized carbons (Fsp3) is 0.186. The minimum atomic E-state index is -0.159. The second kappa shape index (κ2) is 13.0. The lowest BCUT2D eigenvalue weighted by Gasteiger charge is -2.42. The predicted octanol–water partition coefficient (Wildman–Crippen LogP) is 13.7. The summed E-state index contributed by atoms with van der Waals surface area (Å²) in [7, 11) is 0. The van der Waals surface area contributed by atoms with Gasteiger partial charge in [0.05, 0.1) is 11.4 Å². The summed E-state index contributed by atoms with van der Waals surface area (Å²) in [6, 6.07) is 52.6. The first-order chi connectivity index (χ1) is 31.0. The predicted molar refractivity (Wildman–Crippen MR) is 270 cm³/mol. The molecule has 64 heavy (non-hydrogen) atoms. The molecule has 4 aliphatic rings. The van der Waals surface area contributed by atoms with E-state index in [1.165, 1.54) is 89.2 Å². The third-order valence-corrected chi connectivity index (χ3v) is 15.0. The summed E-state index contributed by atoms with van der Waals surface area (Å²) in [6.45, 7) is 16.5. The maximum absolute atomic E-state index is 6.97. The lowest BCUT2D eigenvalue weighted by molar-refractivity contribution is 0.590. The first kappa shape index (κ1) is 37.6. The summed E-state index contributed by atoms with van der Waals surface area (Å²) in [6.07, 6.45) is 7.85. The Hall–Kier alpha value is -6.98. The molecule has 0 bridgehead atoms. The van der Waals surface area contributed by atoms with Gasteiger partial charge in [-0.1, -0.05) is 151 Å². The highest BCUT2D eigenvalue weighted by atomic mass is 16.3. The number of rotatable bonds is 4. The molecule has 0 saturated carbocycles. The van der Waals surface area contributed by atoms with Crippen molar-refractivity contribution in [2.45, 2.75) is 65.7 Å². The molecule has 7 aromatic carbocycles. The maximum atomic E-state index is 6.97. The Morgan fingerprint density at radius 2 is 1.47 bits per heavy atom. The molecular formula is C59H50BN3O. The van der Waals surface area contributed by atoms with Gasteiger partial charge < -0.3 is 18.8 Å². The van der Waals surface area contributed by atoms with Crippen molar-refractivity contribution in [1.29, 1.82) is 0 Å². The van der Waals surface area contributed by atoms with Crippen LogP contribution >= 0.6 is 0 Å². The first-order valence-corrected chi connectivity index (χ1v) is 23.0. The van der Waals surface area contributed by atoms with E-state index in [1.54, 1.807) is 0 Å². The number of benzene rings is 7. The normalized spacial score (nSPS) is 16.5. The minimum Gasteiger partial charge on any atom is -0.454 e. The molecular weight excluding hydrogens is 777 g/mol. The number of anilines is 5. The molecule has 1 unspecified atom stereocenters. The second-order valence-corrected chi connectivity index (χ2v) is 20.2. The van der Waals surface area contributed by atoms with E-state index in [4.69, 9.17) is 4.42 Å². The highest BCUT2D eigenvalue weighted by Crippen LogP contribution is 2.55. The minimum absolute atomic E-state index is 0.00133. The van der Waals surface area contributed by atoms with Crippen LogP contribution in [0.5, 0.6) is 0 Å². The van der Waals surface area contributed by atoms with Gasteiger partial charge in [0.2, 0.25) is 0 Å². The van der Waals surface area contributed by atoms with Crippen molar-refractivity contribution >= 4 is 84.4 Å². The molecule has 2 aliphatic carbocycles. The molecule has 13 rings (SSSR count). The van der Waals surface area contributed by atoms with E-state index < -0.39 is 0 Å². The van der Waals surface area contributed by atoms with Crippen molar-refractivity contribution < 1.29 is 4.42 Å². The smallest absolute Gasteiger partial charge is 0.252 e. The average Bonchev–Trinajstić information content (AvgIpc) is 3.93. The molecule has 2 aliphatic heterocycles. The fourth-order valence-corrected chi connectivity index (χ4v) is 12.0. The van der Waals surface area contributed by atoms with Crippen molar-refractivity contribution in [3.63, 3.8) is 0 Å². The van der Waals surface area contributed by atoms with Gasteiger partial charge >= 0.3 is 0 Å². The Labute approximate surface area is 375 Å². The molecule has 9 aromatic rings. The number of furan rings is 1. The van der Waals surface area contributed by atoms with E-state index in [9.17, 15) is 0 Å². The Morgan fingerprint density at radius 3 is 2.31 bits per heavy atom. The van der Waals surface area contributed by atoms with Gasteiger partial charge in [-0.15, -0.1) is 0 Å². The number of aryl methyl sites for hydroxylation is 1. The highest BCUT2D eigenvalue weighted by Gasteiger charge is 2.48. The van der Waals surface area contributed by atoms with Crippen LogP contribution in [-0.4, -0.2) is 11.3 Å². The molecule has 4 nitrogen and oxygen atoms in total. The zero-order chi connectivity index (χ0) is 43.4. The number of para-hydroxylation sites is 4. The fourth-order valence-electron chi connectivity index (χ4n) is 12.0. The van der Waals surface area contributed by atoms with Crippen LogP contribution in [-0.2, 0) is 10.8 Å². The molecule has 0 N–H and O–H groups in total. The van der Waals surface area contributed by atoms with Crippen molar-refractivity contribution in [3.05, 3.63) is 186 Å². The third-order valence-electron chi connectivity index (χ3n) is 15.0. The van der Waals surface area contributed by atoms with Crippen LogP contribution in [0.25, 0.3) is 49.8 Å². The monoisotopic (exact) mass is 827 g/mol. The summed E-state index contributed by atoms with van der Waals surface area (Å²) in [4.78, 5) is 5.09. The van der Waals surface area contributed by atoms with Crippen molar-refractivity contribution in [2.24, 2.45) is 5.92 Å². The number of nitrogens with zero attached hydrogens (tertiary/aromatic N) is 3. The number of fused-ring (bicyclic) bond motifs is 12. The molecule has 310 valence electrons. The van der Waals surface area contributed by atoms with Gasteiger partial charge in [-0.3, -0.25) is 0 Å². The molecule has 1 atom stereocenters. The van der Waals surface area contributed by atoms with Gasteiger partial charge in [0, 0.05) is 72.7 Å². The molecule has 5 heteroatoms. The third kappa shape index (κ3) is 4.96. The lowest BCUT2D eigenvalue weighted by Crippen LogP contribution is -2.60. The summed E-state index contributed by atoms with van der Waals surface area (Å²) in [5.41, 5.74) is 23.2. The number of aromatic nitrogens is 1. The highest BCUT2D eigenvalue weighted by molar-refractivity contribution is 7.00. The van der Waals surface area contributed by atoms with Crippen molar-refractivity contribution in [3.8, 4) is 16.9 Å². The van der Waals surface area contributed by atoms with Crippen LogP contribution in [0.15, 0.2) is 168 Å². The summed E-state index contributed by atoms with van der Waals surface area (Å²) in [5, 5.41) is 3.61. The zero-order valence-electron chi connectivity index (χ0n) is 37.6. The number of allylic oxidation sites excluding steroid dienone is 4. The van der Waals surface area contributed by atoms with Gasteiger partial charge in [0.15, 0.2) is 5.58 Å². The molecule has 2 aromatic heterocycles. The van der Waals surface area contributed by atoms with E-state index in [2.05, 4.69) is 221 Å². The number of hydrogen-bond acceptors (Lipinski definition) is 3. The molecule has 0 spiro atoms. The lowest BCUT2D eigenvalue weighted by atomic mass is 9.33. The van der Waals surface area contributed by atoms with Crippen LogP contribution in [0.1, 0.15) is 70.2 Å². The maximum Gasteiger partial charge on any atom is 0.252 e. The van der Waals surface area contributed by atoms with E-state index in [0.717, 1.165) is 39.7 Å². The standard InChI is InChI=1S/C59H50BN3O/c1-35-18-8-13-26-46(35)61(47-27-14-9-19-36(47)2)38-30-31-44-49(34-38)62(48-28-17-22-40-39-20-11-15-29-52(39)64-57(40)48)50-32-37(58(3,4)5)33-51-54(50)60(44)45-25-16-23-42-53-56(63(51)55(42)45)41-21-10-12-24-43(41)59(53,6)7/h8-18,20-34,36H,19H2,1-7H3. The Balaban J connectivity index is 1.18. The molecule has 0 radical (unpaired) electrons. The summed E-state index contributed by atoms with van der Waals surface area (Å²) < 4.78 is 9.64. The van der Waals surface area contributed by atoms with Crippen LogP contribution in [0.2, 0.25) is 0 Å². The van der Waals surface area contributed by atoms with Crippen LogP contribution in [0.4, 0.5) is 28.4 Å². The Bertz CT molecular complexity index is 3550. The van der Waals surface area contributed by atoms with E-state index in [0.29, 0.717) is 5.92 Å². The summed E-state index contributed by atoms with van der Waals surface area (Å²) in [5.74, 6) is 0.346. The number of hydrogen-bond donors (Lipinski definition) is 0. The second-order valence-electron chi connectivity index (χ2n) is 20.2. The largest absolute Gasteiger partial charge is 0.454 e. The first-order valence-electron chi connectivity index (χ1n) is 23.0. The Kier molecular flexibility index (Phi) is 7.66. The Morgan fingerprint density at radius 1 is 0.719 bits per heavy atom. The van der Waals surface area contributed by atoms with Crippen molar-refractivity contribution in [1.82, 2.24) is 4.57 Å². The van der Waals surface area contributed by atoms with Crippen LogP contribution in [0.3, 0.4) is 0 Å². The molecule has 0 amide bonds. The van der Waals surface area contributed by atoms with Crippen LogP contribution in [0, 0.1) is 12.8 Å². The quantitative estimate of drug-likeness (QED) is 0.165. The van der Waals surface area contributed by atoms with Gasteiger partial charge in [0.1, 0.15) is 5.58 Å². The van der Waals surface area contributed by atoms with Gasteiger partial charge in [-0.05, 0) is 106 Å². The van der Waals surface area contributed by atoms with E-state index in [-0.39, 0.29) is 17.5 Å². The van der Waals surface area contributed by atoms with E-state index >= 15 is 0 Å². The van der Waals surface area contributed by atoms with E-state index in [1.807, 2.05) is 0 Å². The van der Waals surface area contributed by atoms with Gasteiger partial charge in [-0.25, -0.2) is 0 Å². The van der Waals surface area contributed by atoms with Crippen LogP contribution < -0.4 is 26.2 Å². The molecule has 4 heterocycles. The average molecular weight is 828 g/mol. The zero-order valence-corrected chi connectivity index (χ0v) is 37.6. The molecule has 0 saturated heterocycles. The SMILES string of the molecule is Cc1ccccc1N(C1=CC=CCC1C)c1ccc2c(c1)N(c1cccc3c1oc1ccccc13)c1cc(C(C)(C)C)cc3c1B2c1cccc2c4c(n-3c12)-c1ccccc1C4(C)C. The molecule has 0 fully saturated rings. The summed E-state index contributed by atoms with van der Waals surface area (Å²) >= 11 is 0. The van der Waals surface area contributed by atoms with Gasteiger partial charge in [0.25, 0.3) is 6.71 Å².